The van der Waals surface area contributed by atoms with Gasteiger partial charge in [-0.2, -0.15) is 5.10 Å². The summed E-state index contributed by atoms with van der Waals surface area (Å²) < 4.78 is 1.28. The number of hydrogen-bond acceptors (Lipinski definition) is 8. The molecule has 0 saturated carbocycles. The molecule has 8 nitrogen and oxygen atoms in total. The van der Waals surface area contributed by atoms with Gasteiger partial charge in [0, 0.05) is 10.6 Å². The van der Waals surface area contributed by atoms with E-state index in [4.69, 9.17) is 5.84 Å². The molecule has 0 aliphatic carbocycles. The van der Waals surface area contributed by atoms with Crippen LogP contribution in [0, 0.1) is 13.8 Å². The van der Waals surface area contributed by atoms with Gasteiger partial charge in [-0.25, -0.2) is 10.1 Å². The van der Waals surface area contributed by atoms with Crippen molar-refractivity contribution in [2.45, 2.75) is 25.9 Å². The number of aryl methyl sites for hydroxylation is 2. The van der Waals surface area contributed by atoms with Crippen LogP contribution < -0.4 is 16.6 Å². The molecule has 0 fully saturated rings. The van der Waals surface area contributed by atoms with Crippen LogP contribution in [-0.2, 0) is 4.79 Å². The number of benzene rings is 1. The summed E-state index contributed by atoms with van der Waals surface area (Å²) in [4.78, 5) is 13.2. The number of nitrogens with two attached hydrogens (primary N) is 1. The van der Waals surface area contributed by atoms with E-state index in [1.165, 1.54) is 22.0 Å². The van der Waals surface area contributed by atoms with Crippen LogP contribution in [0.1, 0.15) is 22.9 Å². The van der Waals surface area contributed by atoms with Crippen molar-refractivity contribution in [1.82, 2.24) is 14.9 Å². The molecule has 1 aromatic carbocycles. The summed E-state index contributed by atoms with van der Waals surface area (Å²) in [5.41, 5.74) is 6.70. The quantitative estimate of drug-likeness (QED) is 0.236. The number of rotatable bonds is 7. The van der Waals surface area contributed by atoms with Gasteiger partial charge in [0.2, 0.25) is 11.1 Å². The highest BCUT2D eigenvalue weighted by Gasteiger charge is 2.12. The molecule has 0 unspecified atom stereocenters. The van der Waals surface area contributed by atoms with E-state index in [0.29, 0.717) is 11.1 Å². The molecule has 146 valence electrons. The number of thioether (sulfide) groups is 1. The standard InChI is InChI=1S/C18H21N7OS2/c1-11-6-7-14(9-12(11)2)20-16(26)10-28-18-24-23-17(25(18)19)22-21-13(3)15-5-4-8-27-15/h4-9H,10,19H2,1-3H3,(H,20,26)(H,22,23)/b21-13+. The van der Waals surface area contributed by atoms with Crippen LogP contribution >= 0.6 is 23.1 Å². The Morgan fingerprint density at radius 3 is 2.82 bits per heavy atom. The maximum absolute atomic E-state index is 12.2. The Labute approximate surface area is 171 Å². The first-order chi connectivity index (χ1) is 13.4. The van der Waals surface area contributed by atoms with Crippen molar-refractivity contribution in [3.8, 4) is 0 Å². The lowest BCUT2D eigenvalue weighted by molar-refractivity contribution is -0.113. The van der Waals surface area contributed by atoms with Gasteiger partial charge in [-0.15, -0.1) is 21.5 Å². The number of carbonyl (C=O) groups is 1. The van der Waals surface area contributed by atoms with E-state index in [9.17, 15) is 4.79 Å². The summed E-state index contributed by atoms with van der Waals surface area (Å²) in [7, 11) is 0. The Morgan fingerprint density at radius 1 is 1.29 bits per heavy atom. The fourth-order valence-corrected chi connectivity index (χ4v) is 3.61. The van der Waals surface area contributed by atoms with Gasteiger partial charge >= 0.3 is 0 Å². The van der Waals surface area contributed by atoms with Gasteiger partial charge in [0.1, 0.15) is 0 Å². The van der Waals surface area contributed by atoms with Crippen molar-refractivity contribution < 1.29 is 4.79 Å². The smallest absolute Gasteiger partial charge is 0.264 e. The number of aromatic nitrogens is 3. The van der Waals surface area contributed by atoms with E-state index in [1.807, 2.05) is 56.5 Å². The molecule has 3 aromatic rings. The number of amides is 1. The molecular weight excluding hydrogens is 394 g/mol. The lowest BCUT2D eigenvalue weighted by Gasteiger charge is -2.07. The fraction of sp³-hybridized carbons (Fsp3) is 0.222. The van der Waals surface area contributed by atoms with E-state index < -0.39 is 0 Å². The lowest BCUT2D eigenvalue weighted by Crippen LogP contribution is -2.17. The Bertz CT molecular complexity index is 996. The van der Waals surface area contributed by atoms with Crippen LogP contribution in [0.4, 0.5) is 11.6 Å². The molecule has 3 rings (SSSR count). The number of anilines is 2. The number of nitrogens with one attached hydrogen (secondary N) is 2. The minimum absolute atomic E-state index is 0.141. The number of thiophene rings is 1. The zero-order valence-electron chi connectivity index (χ0n) is 15.8. The normalized spacial score (nSPS) is 11.5. The summed E-state index contributed by atoms with van der Waals surface area (Å²) in [6.07, 6.45) is 0. The second kappa shape index (κ2) is 8.89. The first-order valence-electron chi connectivity index (χ1n) is 8.48. The van der Waals surface area contributed by atoms with Gasteiger partial charge in [0.25, 0.3) is 5.95 Å². The highest BCUT2D eigenvalue weighted by molar-refractivity contribution is 7.99. The monoisotopic (exact) mass is 415 g/mol. The molecule has 2 heterocycles. The van der Waals surface area contributed by atoms with E-state index in [0.717, 1.165) is 21.8 Å². The molecule has 2 aromatic heterocycles. The number of nitrogens with zero attached hydrogens (tertiary/aromatic N) is 4. The van der Waals surface area contributed by atoms with E-state index in [-0.39, 0.29) is 11.7 Å². The van der Waals surface area contributed by atoms with Gasteiger partial charge in [-0.05, 0) is 55.5 Å². The van der Waals surface area contributed by atoms with Crippen LogP contribution in [0.25, 0.3) is 0 Å². The maximum atomic E-state index is 12.2. The van der Waals surface area contributed by atoms with Crippen molar-refractivity contribution >= 4 is 46.4 Å². The van der Waals surface area contributed by atoms with Crippen molar-refractivity contribution in [1.29, 1.82) is 0 Å². The molecular formula is C18H21N7OS2. The molecule has 0 atom stereocenters. The van der Waals surface area contributed by atoms with Gasteiger partial charge in [0.15, 0.2) is 0 Å². The average Bonchev–Trinajstić information content (AvgIpc) is 3.32. The Balaban J connectivity index is 1.56. The van der Waals surface area contributed by atoms with Crippen LogP contribution in [0.15, 0.2) is 46.0 Å². The molecule has 0 bridgehead atoms. The van der Waals surface area contributed by atoms with Crippen LogP contribution in [0.5, 0.6) is 0 Å². The van der Waals surface area contributed by atoms with E-state index in [2.05, 4.69) is 26.0 Å². The summed E-state index contributed by atoms with van der Waals surface area (Å²) in [6, 6.07) is 9.74. The molecule has 0 saturated heterocycles. The highest BCUT2D eigenvalue weighted by atomic mass is 32.2. The minimum atomic E-state index is -0.141. The topological polar surface area (TPSA) is 110 Å². The van der Waals surface area contributed by atoms with Gasteiger partial charge in [-0.1, -0.05) is 23.9 Å². The molecule has 10 heteroatoms. The predicted molar refractivity (Wildman–Crippen MR) is 116 cm³/mol. The molecule has 0 aliphatic heterocycles. The second-order valence-corrected chi connectivity index (χ2v) is 7.99. The highest BCUT2D eigenvalue weighted by Crippen LogP contribution is 2.19. The third-order valence-corrected chi connectivity index (χ3v) is 5.91. The molecule has 0 aliphatic rings. The van der Waals surface area contributed by atoms with Crippen LogP contribution in [-0.4, -0.2) is 32.2 Å². The second-order valence-electron chi connectivity index (χ2n) is 6.10. The first-order valence-corrected chi connectivity index (χ1v) is 10.3. The lowest BCUT2D eigenvalue weighted by atomic mass is 10.1. The first kappa shape index (κ1) is 19.9. The third kappa shape index (κ3) is 4.90. The average molecular weight is 416 g/mol. The van der Waals surface area contributed by atoms with E-state index >= 15 is 0 Å². The number of nitrogen functional groups attached to an aromatic ring is 1. The third-order valence-electron chi connectivity index (χ3n) is 3.99. The minimum Gasteiger partial charge on any atom is -0.334 e. The Hall–Kier alpha value is -2.85. The Kier molecular flexibility index (Phi) is 6.32. The summed E-state index contributed by atoms with van der Waals surface area (Å²) in [5.74, 6) is 6.32. The summed E-state index contributed by atoms with van der Waals surface area (Å²) in [6.45, 7) is 5.93. The van der Waals surface area contributed by atoms with Crippen molar-refractivity contribution in [3.63, 3.8) is 0 Å². The Morgan fingerprint density at radius 2 is 2.11 bits per heavy atom. The van der Waals surface area contributed by atoms with Crippen LogP contribution in [0.3, 0.4) is 0 Å². The molecule has 4 N–H and O–H groups in total. The largest absolute Gasteiger partial charge is 0.334 e. The summed E-state index contributed by atoms with van der Waals surface area (Å²) >= 11 is 2.80. The summed E-state index contributed by atoms with van der Waals surface area (Å²) in [5, 5.41) is 17.5. The van der Waals surface area contributed by atoms with E-state index in [1.54, 1.807) is 11.3 Å². The SMILES string of the molecule is C/C(=N\Nc1nnc(SCC(=O)Nc2ccc(C)c(C)c2)n1N)c1cccs1. The molecule has 0 spiro atoms. The van der Waals surface area contributed by atoms with Crippen molar-refractivity contribution in [2.75, 3.05) is 22.3 Å². The van der Waals surface area contributed by atoms with Gasteiger partial charge < -0.3 is 11.2 Å². The van der Waals surface area contributed by atoms with Gasteiger partial charge in [-0.3, -0.25) is 4.79 Å². The fourth-order valence-electron chi connectivity index (χ4n) is 2.27. The van der Waals surface area contributed by atoms with Gasteiger partial charge in [0.05, 0.1) is 11.5 Å². The zero-order valence-corrected chi connectivity index (χ0v) is 17.4. The zero-order chi connectivity index (χ0) is 20.1. The van der Waals surface area contributed by atoms with Crippen molar-refractivity contribution in [3.05, 3.63) is 51.7 Å². The molecule has 1 amide bonds. The number of hydrazone groups is 1. The van der Waals surface area contributed by atoms with Crippen molar-refractivity contribution in [2.24, 2.45) is 5.10 Å². The maximum Gasteiger partial charge on any atom is 0.264 e. The molecule has 0 radical (unpaired) electrons. The number of carbonyl (C=O) groups excluding carboxylic acids is 1. The van der Waals surface area contributed by atoms with Crippen LogP contribution in [0.2, 0.25) is 0 Å². The predicted octanol–water partition coefficient (Wildman–Crippen LogP) is 3.24. The molecule has 28 heavy (non-hydrogen) atoms. The number of hydrogen-bond donors (Lipinski definition) is 3.